The summed E-state index contributed by atoms with van der Waals surface area (Å²) in [6, 6.07) is 12.2. The van der Waals surface area contributed by atoms with Crippen LogP contribution in [0.25, 0.3) is 21.9 Å². The number of carbonyl (C=O) groups is 1. The summed E-state index contributed by atoms with van der Waals surface area (Å²) in [4.78, 5) is 12.4. The average Bonchev–Trinajstić information content (AvgIpc) is 2.52. The van der Waals surface area contributed by atoms with E-state index in [9.17, 15) is 22.9 Å². The summed E-state index contributed by atoms with van der Waals surface area (Å²) in [5.41, 5.74) is 1.93. The second kappa shape index (κ2) is 4.41. The molecule has 114 valence electrons. The first-order chi connectivity index (χ1) is 10.9. The number of rotatable bonds is 1. The Bertz CT molecular complexity index is 1110. The number of aromatic hydroxyl groups is 1. The fourth-order valence-electron chi connectivity index (χ4n) is 3.06. The van der Waals surface area contributed by atoms with Gasteiger partial charge in [-0.05, 0) is 29.3 Å². The van der Waals surface area contributed by atoms with Crippen molar-refractivity contribution in [3.8, 4) is 16.9 Å². The maximum absolute atomic E-state index is 12.7. The monoisotopic (exact) mass is 326 g/mol. The van der Waals surface area contributed by atoms with E-state index in [2.05, 4.69) is 0 Å². The summed E-state index contributed by atoms with van der Waals surface area (Å²) in [7, 11) is -4.39. The van der Waals surface area contributed by atoms with Crippen molar-refractivity contribution in [3.63, 3.8) is 0 Å². The molecule has 0 unspecified atom stereocenters. The molecule has 6 heteroatoms. The standard InChI is InChI=1S/C17H10O5S/c18-15-7-6-11-10-5-4-9(23(20,21)22)8-14(10)17(19)13-3-1-2-12(15)16(11)13/h1-8,18H,(H,20,21,22). The summed E-state index contributed by atoms with van der Waals surface area (Å²) in [6.45, 7) is 0. The van der Waals surface area contributed by atoms with E-state index in [1.165, 1.54) is 24.3 Å². The molecule has 3 aromatic carbocycles. The first kappa shape index (κ1) is 13.9. The normalized spacial score (nSPS) is 13.2. The van der Waals surface area contributed by atoms with Gasteiger partial charge in [0.15, 0.2) is 5.78 Å². The average molecular weight is 326 g/mol. The minimum atomic E-state index is -4.39. The minimum Gasteiger partial charge on any atom is -0.507 e. The Balaban J connectivity index is 2.15. The molecule has 1 aliphatic rings. The molecular weight excluding hydrogens is 316 g/mol. The van der Waals surface area contributed by atoms with Crippen LogP contribution in [0.15, 0.2) is 53.4 Å². The van der Waals surface area contributed by atoms with Crippen LogP contribution in [-0.2, 0) is 10.1 Å². The number of benzene rings is 3. The number of hydrogen-bond donors (Lipinski definition) is 2. The van der Waals surface area contributed by atoms with E-state index >= 15 is 0 Å². The van der Waals surface area contributed by atoms with Gasteiger partial charge < -0.3 is 5.11 Å². The highest BCUT2D eigenvalue weighted by Gasteiger charge is 2.27. The molecule has 0 atom stereocenters. The van der Waals surface area contributed by atoms with Crippen LogP contribution >= 0.6 is 0 Å². The van der Waals surface area contributed by atoms with Gasteiger partial charge in [-0.15, -0.1) is 0 Å². The van der Waals surface area contributed by atoms with Gasteiger partial charge in [-0.2, -0.15) is 8.42 Å². The quantitative estimate of drug-likeness (QED) is 0.525. The van der Waals surface area contributed by atoms with Crippen LogP contribution in [0.2, 0.25) is 0 Å². The fraction of sp³-hybridized carbons (Fsp3) is 0. The molecule has 0 heterocycles. The Morgan fingerprint density at radius 1 is 0.826 bits per heavy atom. The lowest BCUT2D eigenvalue weighted by Crippen LogP contribution is -2.11. The Labute approximate surface area is 131 Å². The van der Waals surface area contributed by atoms with Crippen molar-refractivity contribution in [1.29, 1.82) is 0 Å². The molecule has 0 bridgehead atoms. The lowest BCUT2D eigenvalue weighted by atomic mass is 9.83. The van der Waals surface area contributed by atoms with Crippen molar-refractivity contribution in [2.45, 2.75) is 4.90 Å². The molecule has 0 radical (unpaired) electrons. The zero-order chi connectivity index (χ0) is 16.4. The summed E-state index contributed by atoms with van der Waals surface area (Å²) in [5, 5.41) is 11.2. The van der Waals surface area contributed by atoms with E-state index < -0.39 is 10.1 Å². The summed E-state index contributed by atoms with van der Waals surface area (Å²) < 4.78 is 31.8. The number of fused-ring (bicyclic) bond motifs is 2. The molecule has 5 nitrogen and oxygen atoms in total. The van der Waals surface area contributed by atoms with Crippen LogP contribution in [0.5, 0.6) is 5.75 Å². The lowest BCUT2D eigenvalue weighted by Gasteiger charge is -2.20. The molecule has 2 N–H and O–H groups in total. The van der Waals surface area contributed by atoms with E-state index in [0.29, 0.717) is 21.9 Å². The molecule has 0 aromatic heterocycles. The van der Waals surface area contributed by atoms with Gasteiger partial charge in [-0.25, -0.2) is 0 Å². The number of carbonyl (C=O) groups excluding carboxylic acids is 1. The van der Waals surface area contributed by atoms with E-state index in [1.807, 2.05) is 0 Å². The van der Waals surface area contributed by atoms with Gasteiger partial charge in [0.2, 0.25) is 0 Å². The van der Waals surface area contributed by atoms with Crippen LogP contribution in [0.3, 0.4) is 0 Å². The van der Waals surface area contributed by atoms with E-state index in [0.717, 1.165) is 5.56 Å². The molecule has 23 heavy (non-hydrogen) atoms. The van der Waals surface area contributed by atoms with Gasteiger partial charge in [-0.1, -0.05) is 30.3 Å². The molecule has 0 saturated heterocycles. The van der Waals surface area contributed by atoms with Crippen LogP contribution in [0.4, 0.5) is 0 Å². The summed E-state index contributed by atoms with van der Waals surface area (Å²) in [6.07, 6.45) is 0. The van der Waals surface area contributed by atoms with Crippen LogP contribution in [-0.4, -0.2) is 23.9 Å². The topological polar surface area (TPSA) is 91.7 Å². The third kappa shape index (κ3) is 1.89. The lowest BCUT2D eigenvalue weighted by molar-refractivity contribution is 0.104. The van der Waals surface area contributed by atoms with E-state index in [-0.39, 0.29) is 22.0 Å². The van der Waals surface area contributed by atoms with Crippen LogP contribution in [0.1, 0.15) is 15.9 Å². The van der Waals surface area contributed by atoms with Crippen molar-refractivity contribution in [2.24, 2.45) is 0 Å². The molecule has 3 aromatic rings. The third-order valence-corrected chi connectivity index (χ3v) is 4.94. The number of phenolic OH excluding ortho intramolecular Hbond substituents is 1. The summed E-state index contributed by atoms with van der Waals surface area (Å²) >= 11 is 0. The SMILES string of the molecule is O=C1c2cc(S(=O)(=O)O)ccc2-c2ccc(O)c3cccc1c23. The van der Waals surface area contributed by atoms with Crippen molar-refractivity contribution in [1.82, 2.24) is 0 Å². The fourth-order valence-corrected chi connectivity index (χ4v) is 3.56. The number of phenols is 1. The predicted molar refractivity (Wildman–Crippen MR) is 84.3 cm³/mol. The highest BCUT2D eigenvalue weighted by atomic mass is 32.2. The Morgan fingerprint density at radius 2 is 1.57 bits per heavy atom. The van der Waals surface area contributed by atoms with Gasteiger partial charge in [0.05, 0.1) is 4.90 Å². The molecule has 0 spiro atoms. The van der Waals surface area contributed by atoms with Crippen molar-refractivity contribution in [3.05, 3.63) is 59.7 Å². The van der Waals surface area contributed by atoms with Gasteiger partial charge in [0.1, 0.15) is 5.75 Å². The van der Waals surface area contributed by atoms with Crippen LogP contribution in [0, 0.1) is 0 Å². The Hall–Kier alpha value is -2.70. The number of hydrogen-bond acceptors (Lipinski definition) is 4. The van der Waals surface area contributed by atoms with Gasteiger partial charge in [-0.3, -0.25) is 9.35 Å². The molecule has 0 amide bonds. The second-order valence-electron chi connectivity index (χ2n) is 5.37. The molecule has 0 saturated carbocycles. The molecule has 4 rings (SSSR count). The smallest absolute Gasteiger partial charge is 0.294 e. The molecular formula is C17H10O5S. The van der Waals surface area contributed by atoms with E-state index in [1.54, 1.807) is 24.3 Å². The first-order valence-electron chi connectivity index (χ1n) is 6.79. The number of ketones is 1. The van der Waals surface area contributed by atoms with Crippen LogP contribution < -0.4 is 0 Å². The predicted octanol–water partition coefficient (Wildman–Crippen LogP) is 3.00. The maximum Gasteiger partial charge on any atom is 0.294 e. The van der Waals surface area contributed by atoms with Crippen molar-refractivity contribution < 1.29 is 22.9 Å². The van der Waals surface area contributed by atoms with E-state index in [4.69, 9.17) is 0 Å². The Kier molecular flexibility index (Phi) is 2.67. The van der Waals surface area contributed by atoms with Gasteiger partial charge in [0, 0.05) is 21.9 Å². The third-order valence-electron chi connectivity index (χ3n) is 4.09. The molecule has 0 fully saturated rings. The highest BCUT2D eigenvalue weighted by Crippen LogP contribution is 2.42. The maximum atomic E-state index is 12.7. The van der Waals surface area contributed by atoms with Gasteiger partial charge >= 0.3 is 0 Å². The molecule has 0 aliphatic heterocycles. The zero-order valence-electron chi connectivity index (χ0n) is 11.6. The molecule has 1 aliphatic carbocycles. The highest BCUT2D eigenvalue weighted by molar-refractivity contribution is 7.85. The second-order valence-corrected chi connectivity index (χ2v) is 6.79. The van der Waals surface area contributed by atoms with Crippen molar-refractivity contribution >= 4 is 26.7 Å². The zero-order valence-corrected chi connectivity index (χ0v) is 12.5. The van der Waals surface area contributed by atoms with Gasteiger partial charge in [0.25, 0.3) is 10.1 Å². The largest absolute Gasteiger partial charge is 0.507 e. The minimum absolute atomic E-state index is 0.0800. The van der Waals surface area contributed by atoms with Crippen molar-refractivity contribution in [2.75, 3.05) is 0 Å². The summed E-state index contributed by atoms with van der Waals surface area (Å²) in [5.74, 6) is -0.259. The first-order valence-corrected chi connectivity index (χ1v) is 8.23. The Morgan fingerprint density at radius 3 is 2.30 bits per heavy atom.